The van der Waals surface area contributed by atoms with Gasteiger partial charge in [-0.3, -0.25) is 5.10 Å². The van der Waals surface area contributed by atoms with Crippen molar-refractivity contribution in [1.29, 1.82) is 0 Å². The number of aliphatic imine (C=N–C) groups is 1. The standard InChI is InChI=1S/C13H17N5.HI/c1-9-5-10(2)7-12(6-9)17-13(14)15-8-11-3-4-16-18-11;/h3-7H,8H2,1-2H3,(H,16,18)(H3,14,15,17);1H. The first kappa shape index (κ1) is 15.5. The summed E-state index contributed by atoms with van der Waals surface area (Å²) in [7, 11) is 0. The van der Waals surface area contributed by atoms with Gasteiger partial charge in [0.05, 0.1) is 12.2 Å². The van der Waals surface area contributed by atoms with Crippen molar-refractivity contribution in [3.63, 3.8) is 0 Å². The molecule has 0 aliphatic rings. The second-order valence-electron chi connectivity index (χ2n) is 4.28. The first-order valence-corrected chi connectivity index (χ1v) is 5.77. The largest absolute Gasteiger partial charge is 0.370 e. The number of nitrogens with one attached hydrogen (secondary N) is 2. The van der Waals surface area contributed by atoms with Gasteiger partial charge < -0.3 is 11.1 Å². The first-order chi connectivity index (χ1) is 8.63. The van der Waals surface area contributed by atoms with Crippen LogP contribution in [0.5, 0.6) is 0 Å². The number of aromatic amines is 1. The van der Waals surface area contributed by atoms with Crippen molar-refractivity contribution in [2.45, 2.75) is 20.4 Å². The molecule has 1 aromatic heterocycles. The molecular weight excluding hydrogens is 353 g/mol. The van der Waals surface area contributed by atoms with E-state index in [1.54, 1.807) is 6.20 Å². The van der Waals surface area contributed by atoms with E-state index in [9.17, 15) is 0 Å². The van der Waals surface area contributed by atoms with Gasteiger partial charge in [0.15, 0.2) is 5.96 Å². The molecule has 0 fully saturated rings. The molecule has 5 nitrogen and oxygen atoms in total. The Morgan fingerprint density at radius 1 is 1.32 bits per heavy atom. The van der Waals surface area contributed by atoms with Gasteiger partial charge in [-0.2, -0.15) is 5.10 Å². The van der Waals surface area contributed by atoms with Crippen LogP contribution in [0.1, 0.15) is 16.8 Å². The van der Waals surface area contributed by atoms with Crippen LogP contribution in [0.3, 0.4) is 0 Å². The molecule has 0 amide bonds. The van der Waals surface area contributed by atoms with Crippen molar-refractivity contribution in [1.82, 2.24) is 10.2 Å². The van der Waals surface area contributed by atoms with Gasteiger partial charge in [0, 0.05) is 11.9 Å². The number of halogens is 1. The molecule has 0 spiro atoms. The second kappa shape index (κ2) is 7.13. The lowest BCUT2D eigenvalue weighted by Crippen LogP contribution is -2.22. The molecule has 19 heavy (non-hydrogen) atoms. The highest BCUT2D eigenvalue weighted by Gasteiger charge is 1.98. The molecule has 0 saturated carbocycles. The van der Waals surface area contributed by atoms with Gasteiger partial charge in [0.25, 0.3) is 0 Å². The van der Waals surface area contributed by atoms with Crippen LogP contribution in [-0.2, 0) is 6.54 Å². The summed E-state index contributed by atoms with van der Waals surface area (Å²) in [4.78, 5) is 4.23. The van der Waals surface area contributed by atoms with Gasteiger partial charge in [-0.15, -0.1) is 24.0 Å². The van der Waals surface area contributed by atoms with E-state index in [4.69, 9.17) is 5.73 Å². The molecule has 0 unspecified atom stereocenters. The first-order valence-electron chi connectivity index (χ1n) is 5.77. The molecule has 102 valence electrons. The average molecular weight is 371 g/mol. The molecule has 0 saturated heterocycles. The molecule has 1 heterocycles. The van der Waals surface area contributed by atoms with Crippen LogP contribution in [0.15, 0.2) is 35.5 Å². The molecule has 2 rings (SSSR count). The van der Waals surface area contributed by atoms with Crippen molar-refractivity contribution in [2.75, 3.05) is 5.32 Å². The van der Waals surface area contributed by atoms with Gasteiger partial charge in [0.1, 0.15) is 0 Å². The van der Waals surface area contributed by atoms with Crippen LogP contribution < -0.4 is 11.1 Å². The molecule has 0 radical (unpaired) electrons. The van der Waals surface area contributed by atoms with E-state index in [0.29, 0.717) is 12.5 Å². The van der Waals surface area contributed by atoms with Gasteiger partial charge in [-0.05, 0) is 43.2 Å². The number of nitrogens with two attached hydrogens (primary N) is 1. The number of nitrogens with zero attached hydrogens (tertiary/aromatic N) is 2. The minimum atomic E-state index is 0. The Morgan fingerprint density at radius 2 is 2.00 bits per heavy atom. The summed E-state index contributed by atoms with van der Waals surface area (Å²) < 4.78 is 0. The number of aromatic nitrogens is 2. The summed E-state index contributed by atoms with van der Waals surface area (Å²) in [6.07, 6.45) is 1.69. The molecule has 0 atom stereocenters. The van der Waals surface area contributed by atoms with Crippen LogP contribution in [0, 0.1) is 13.8 Å². The van der Waals surface area contributed by atoms with Gasteiger partial charge in [-0.1, -0.05) is 6.07 Å². The van der Waals surface area contributed by atoms with Gasteiger partial charge >= 0.3 is 0 Å². The van der Waals surface area contributed by atoms with E-state index in [-0.39, 0.29) is 24.0 Å². The SMILES string of the molecule is Cc1cc(C)cc(NC(N)=NCc2ccn[nH]2)c1.I. The number of aryl methyl sites for hydroxylation is 2. The number of benzene rings is 1. The van der Waals surface area contributed by atoms with E-state index >= 15 is 0 Å². The zero-order valence-electron chi connectivity index (χ0n) is 11.0. The highest BCUT2D eigenvalue weighted by molar-refractivity contribution is 14.0. The minimum Gasteiger partial charge on any atom is -0.370 e. The Kier molecular flexibility index (Phi) is 5.81. The predicted molar refractivity (Wildman–Crippen MR) is 88.9 cm³/mol. The zero-order chi connectivity index (χ0) is 13.0. The minimum absolute atomic E-state index is 0. The maximum absolute atomic E-state index is 5.83. The van der Waals surface area contributed by atoms with Crippen molar-refractivity contribution in [2.24, 2.45) is 10.7 Å². The maximum Gasteiger partial charge on any atom is 0.193 e. The number of hydrogen-bond donors (Lipinski definition) is 3. The van der Waals surface area contributed by atoms with Crippen molar-refractivity contribution >= 4 is 35.6 Å². The van der Waals surface area contributed by atoms with E-state index < -0.39 is 0 Å². The smallest absolute Gasteiger partial charge is 0.193 e. The summed E-state index contributed by atoms with van der Waals surface area (Å²) in [6.45, 7) is 4.59. The molecule has 6 heteroatoms. The van der Waals surface area contributed by atoms with Crippen LogP contribution in [0.25, 0.3) is 0 Å². The van der Waals surface area contributed by atoms with Crippen LogP contribution in [-0.4, -0.2) is 16.2 Å². The average Bonchev–Trinajstić information content (AvgIpc) is 2.77. The van der Waals surface area contributed by atoms with Crippen LogP contribution >= 0.6 is 24.0 Å². The second-order valence-corrected chi connectivity index (χ2v) is 4.28. The number of H-pyrrole nitrogens is 1. The van der Waals surface area contributed by atoms with Crippen molar-refractivity contribution in [3.8, 4) is 0 Å². The summed E-state index contributed by atoms with van der Waals surface area (Å²) in [5, 5.41) is 9.77. The van der Waals surface area contributed by atoms with Gasteiger partial charge in [-0.25, -0.2) is 4.99 Å². The summed E-state index contributed by atoms with van der Waals surface area (Å²) in [6, 6.07) is 8.05. The monoisotopic (exact) mass is 371 g/mol. The van der Waals surface area contributed by atoms with E-state index in [2.05, 4.69) is 40.4 Å². The molecule has 2 aromatic rings. The third-order valence-corrected chi connectivity index (χ3v) is 2.47. The molecule has 4 N–H and O–H groups in total. The van der Waals surface area contributed by atoms with Crippen molar-refractivity contribution < 1.29 is 0 Å². The van der Waals surface area contributed by atoms with Crippen LogP contribution in [0.2, 0.25) is 0 Å². The Hall–Kier alpha value is -1.57. The number of anilines is 1. The van der Waals surface area contributed by atoms with Gasteiger partial charge in [0.2, 0.25) is 0 Å². The zero-order valence-corrected chi connectivity index (χ0v) is 13.3. The molecule has 0 aliphatic carbocycles. The van der Waals surface area contributed by atoms with Crippen LogP contribution in [0.4, 0.5) is 5.69 Å². The lowest BCUT2D eigenvalue weighted by atomic mass is 10.1. The fourth-order valence-electron chi connectivity index (χ4n) is 1.78. The molecular formula is C13H18IN5. The van der Waals surface area contributed by atoms with Crippen molar-refractivity contribution in [3.05, 3.63) is 47.3 Å². The number of hydrogen-bond acceptors (Lipinski definition) is 2. The Labute approximate surface area is 129 Å². The highest BCUT2D eigenvalue weighted by Crippen LogP contribution is 2.13. The molecule has 0 bridgehead atoms. The lowest BCUT2D eigenvalue weighted by Gasteiger charge is -2.07. The number of guanidine groups is 1. The molecule has 0 aliphatic heterocycles. The fourth-order valence-corrected chi connectivity index (χ4v) is 1.78. The topological polar surface area (TPSA) is 79.1 Å². The van der Waals surface area contributed by atoms with E-state index in [1.165, 1.54) is 11.1 Å². The van der Waals surface area contributed by atoms with E-state index in [0.717, 1.165) is 11.4 Å². The quantitative estimate of drug-likeness (QED) is 0.441. The summed E-state index contributed by atoms with van der Waals surface area (Å²) in [5.41, 5.74) is 10.1. The molecule has 1 aromatic carbocycles. The highest BCUT2D eigenvalue weighted by atomic mass is 127. The summed E-state index contributed by atoms with van der Waals surface area (Å²) in [5.74, 6) is 0.398. The third-order valence-electron chi connectivity index (χ3n) is 2.47. The predicted octanol–water partition coefficient (Wildman–Crippen LogP) is 2.57. The fraction of sp³-hybridized carbons (Fsp3) is 0.231. The Morgan fingerprint density at radius 3 is 2.58 bits per heavy atom. The summed E-state index contributed by atoms with van der Waals surface area (Å²) >= 11 is 0. The maximum atomic E-state index is 5.83. The Balaban J connectivity index is 0.00000180. The number of rotatable bonds is 3. The Bertz CT molecular complexity index is 528. The lowest BCUT2D eigenvalue weighted by molar-refractivity contribution is 0.944. The third kappa shape index (κ3) is 4.90. The normalized spacial score (nSPS) is 10.9. The van der Waals surface area contributed by atoms with E-state index in [1.807, 2.05) is 18.2 Å².